The van der Waals surface area contributed by atoms with Gasteiger partial charge in [-0.25, -0.2) is 4.79 Å². The van der Waals surface area contributed by atoms with Gasteiger partial charge < -0.3 is 15.8 Å². The molecule has 0 rings (SSSR count). The number of rotatable bonds is 6. The molecule has 0 fully saturated rings. The Hall–Kier alpha value is -1.36. The van der Waals surface area contributed by atoms with Crippen LogP contribution in [0.1, 0.15) is 19.8 Å². The SMILES string of the molecule is CCOC(=O)/C=C/[C@@H](N)CCC(=O)NC. The zero-order valence-corrected chi connectivity index (χ0v) is 9.16. The number of esters is 1. The minimum atomic E-state index is -0.409. The predicted octanol–water partition coefficient (Wildman–Crippen LogP) is -0.0408. The number of carbonyl (C=O) groups excluding carboxylic acids is 2. The van der Waals surface area contributed by atoms with Crippen molar-refractivity contribution in [3.8, 4) is 0 Å². The summed E-state index contributed by atoms with van der Waals surface area (Å²) in [5.74, 6) is -0.470. The maximum atomic E-state index is 10.9. The van der Waals surface area contributed by atoms with Gasteiger partial charge in [0, 0.05) is 25.6 Å². The quantitative estimate of drug-likeness (QED) is 0.480. The van der Waals surface area contributed by atoms with Gasteiger partial charge in [0.15, 0.2) is 0 Å². The smallest absolute Gasteiger partial charge is 0.330 e. The number of nitrogens with one attached hydrogen (secondary N) is 1. The molecule has 0 aliphatic heterocycles. The van der Waals surface area contributed by atoms with Crippen LogP contribution in [-0.2, 0) is 14.3 Å². The van der Waals surface area contributed by atoms with E-state index in [1.807, 2.05) is 0 Å². The van der Waals surface area contributed by atoms with Gasteiger partial charge in [-0.1, -0.05) is 6.08 Å². The highest BCUT2D eigenvalue weighted by atomic mass is 16.5. The number of ether oxygens (including phenoxy) is 1. The van der Waals surface area contributed by atoms with Gasteiger partial charge in [-0.2, -0.15) is 0 Å². The molecule has 5 nitrogen and oxygen atoms in total. The Kier molecular flexibility index (Phi) is 7.27. The molecule has 0 aromatic rings. The summed E-state index contributed by atoms with van der Waals surface area (Å²) in [7, 11) is 1.57. The molecule has 0 heterocycles. The highest BCUT2D eigenvalue weighted by Gasteiger charge is 2.03. The van der Waals surface area contributed by atoms with E-state index in [-0.39, 0.29) is 11.9 Å². The number of hydrogen-bond donors (Lipinski definition) is 2. The Morgan fingerprint density at radius 2 is 2.20 bits per heavy atom. The molecule has 0 bridgehead atoms. The summed E-state index contributed by atoms with van der Waals surface area (Å²) in [5, 5.41) is 2.50. The van der Waals surface area contributed by atoms with Crippen LogP contribution in [0.25, 0.3) is 0 Å². The topological polar surface area (TPSA) is 81.4 Å². The predicted molar refractivity (Wildman–Crippen MR) is 57.0 cm³/mol. The Morgan fingerprint density at radius 1 is 1.53 bits per heavy atom. The third-order valence-corrected chi connectivity index (χ3v) is 1.75. The average Bonchev–Trinajstić information content (AvgIpc) is 2.23. The number of nitrogens with two attached hydrogens (primary N) is 1. The molecule has 5 heteroatoms. The van der Waals surface area contributed by atoms with E-state index in [1.54, 1.807) is 20.0 Å². The Morgan fingerprint density at radius 3 is 2.73 bits per heavy atom. The maximum Gasteiger partial charge on any atom is 0.330 e. The van der Waals surface area contributed by atoms with Gasteiger partial charge in [0.1, 0.15) is 0 Å². The monoisotopic (exact) mass is 214 g/mol. The van der Waals surface area contributed by atoms with Crippen LogP contribution in [0.3, 0.4) is 0 Å². The zero-order valence-electron chi connectivity index (χ0n) is 9.16. The molecular formula is C10H18N2O3. The molecule has 86 valence electrons. The minimum absolute atomic E-state index is 0.0602. The molecule has 0 aromatic carbocycles. The Balaban J connectivity index is 3.77. The Labute approximate surface area is 89.7 Å². The summed E-state index contributed by atoms with van der Waals surface area (Å²) in [6.07, 6.45) is 3.69. The van der Waals surface area contributed by atoms with Crippen molar-refractivity contribution in [2.75, 3.05) is 13.7 Å². The lowest BCUT2D eigenvalue weighted by molar-refractivity contribution is -0.137. The second kappa shape index (κ2) is 7.99. The van der Waals surface area contributed by atoms with Crippen molar-refractivity contribution in [2.24, 2.45) is 5.73 Å². The van der Waals surface area contributed by atoms with E-state index in [2.05, 4.69) is 10.1 Å². The van der Waals surface area contributed by atoms with E-state index in [1.165, 1.54) is 6.08 Å². The van der Waals surface area contributed by atoms with Crippen LogP contribution >= 0.6 is 0 Å². The van der Waals surface area contributed by atoms with E-state index in [9.17, 15) is 9.59 Å². The van der Waals surface area contributed by atoms with Crippen LogP contribution < -0.4 is 11.1 Å². The summed E-state index contributed by atoms with van der Waals surface area (Å²) in [6.45, 7) is 2.08. The van der Waals surface area contributed by atoms with Gasteiger partial charge in [0.05, 0.1) is 6.61 Å². The van der Waals surface area contributed by atoms with Gasteiger partial charge in [-0.05, 0) is 13.3 Å². The second-order valence-corrected chi connectivity index (χ2v) is 2.99. The molecule has 15 heavy (non-hydrogen) atoms. The number of carbonyl (C=O) groups is 2. The second-order valence-electron chi connectivity index (χ2n) is 2.99. The first-order valence-corrected chi connectivity index (χ1v) is 4.91. The average molecular weight is 214 g/mol. The van der Waals surface area contributed by atoms with Crippen molar-refractivity contribution in [3.63, 3.8) is 0 Å². The van der Waals surface area contributed by atoms with Gasteiger partial charge in [0.2, 0.25) is 5.91 Å². The van der Waals surface area contributed by atoms with E-state index < -0.39 is 5.97 Å². The number of hydrogen-bond acceptors (Lipinski definition) is 4. The zero-order chi connectivity index (χ0) is 11.7. The lowest BCUT2D eigenvalue weighted by Crippen LogP contribution is -2.23. The molecule has 0 saturated carbocycles. The third kappa shape index (κ3) is 7.69. The van der Waals surface area contributed by atoms with E-state index in [0.29, 0.717) is 19.4 Å². The van der Waals surface area contributed by atoms with Crippen LogP contribution in [0.15, 0.2) is 12.2 Å². The normalized spacial score (nSPS) is 12.5. The maximum absolute atomic E-state index is 10.9. The summed E-state index contributed by atoms with van der Waals surface area (Å²) in [6, 6.07) is -0.299. The third-order valence-electron chi connectivity index (χ3n) is 1.75. The molecule has 0 aliphatic carbocycles. The molecule has 1 atom stereocenters. The van der Waals surface area contributed by atoms with E-state index in [4.69, 9.17) is 5.73 Å². The van der Waals surface area contributed by atoms with E-state index in [0.717, 1.165) is 0 Å². The summed E-state index contributed by atoms with van der Waals surface area (Å²) < 4.78 is 4.68. The van der Waals surface area contributed by atoms with Crippen molar-refractivity contribution in [1.29, 1.82) is 0 Å². The van der Waals surface area contributed by atoms with E-state index >= 15 is 0 Å². The van der Waals surface area contributed by atoms with Crippen molar-refractivity contribution >= 4 is 11.9 Å². The van der Waals surface area contributed by atoms with Crippen molar-refractivity contribution < 1.29 is 14.3 Å². The van der Waals surface area contributed by atoms with Crippen LogP contribution in [0, 0.1) is 0 Å². The summed E-state index contributed by atoms with van der Waals surface area (Å²) in [5.41, 5.74) is 5.65. The van der Waals surface area contributed by atoms with Crippen molar-refractivity contribution in [2.45, 2.75) is 25.8 Å². The van der Waals surface area contributed by atoms with Crippen LogP contribution in [0.2, 0.25) is 0 Å². The number of amides is 1. The van der Waals surface area contributed by atoms with Crippen LogP contribution in [0.5, 0.6) is 0 Å². The fraction of sp³-hybridized carbons (Fsp3) is 0.600. The van der Waals surface area contributed by atoms with Gasteiger partial charge in [0.25, 0.3) is 0 Å². The molecular weight excluding hydrogens is 196 g/mol. The highest BCUT2D eigenvalue weighted by Crippen LogP contribution is 1.96. The largest absolute Gasteiger partial charge is 0.463 e. The highest BCUT2D eigenvalue weighted by molar-refractivity contribution is 5.82. The molecule has 0 radical (unpaired) electrons. The van der Waals surface area contributed by atoms with Crippen LogP contribution in [0.4, 0.5) is 0 Å². The molecule has 3 N–H and O–H groups in total. The fourth-order valence-electron chi connectivity index (χ4n) is 0.912. The molecule has 0 aromatic heterocycles. The Bertz CT molecular complexity index is 239. The van der Waals surface area contributed by atoms with Crippen LogP contribution in [-0.4, -0.2) is 31.6 Å². The molecule has 0 saturated heterocycles. The standard InChI is InChI=1S/C10H18N2O3/c1-3-15-10(14)7-5-8(11)4-6-9(13)12-2/h5,7-8H,3-4,6,11H2,1-2H3,(H,12,13)/b7-5+/t8-/m0/s1. The molecule has 0 aliphatic rings. The molecule has 1 amide bonds. The minimum Gasteiger partial charge on any atom is -0.463 e. The fourth-order valence-corrected chi connectivity index (χ4v) is 0.912. The first kappa shape index (κ1) is 13.6. The lowest BCUT2D eigenvalue weighted by atomic mass is 10.1. The van der Waals surface area contributed by atoms with Gasteiger partial charge >= 0.3 is 5.97 Å². The summed E-state index contributed by atoms with van der Waals surface area (Å²) >= 11 is 0. The van der Waals surface area contributed by atoms with Crippen molar-refractivity contribution in [1.82, 2.24) is 5.32 Å². The molecule has 0 unspecified atom stereocenters. The first-order valence-electron chi connectivity index (χ1n) is 4.91. The van der Waals surface area contributed by atoms with Gasteiger partial charge in [-0.15, -0.1) is 0 Å². The lowest BCUT2D eigenvalue weighted by Gasteiger charge is -2.04. The van der Waals surface area contributed by atoms with Crippen molar-refractivity contribution in [3.05, 3.63) is 12.2 Å². The molecule has 0 spiro atoms. The summed E-state index contributed by atoms with van der Waals surface area (Å²) in [4.78, 5) is 21.8. The van der Waals surface area contributed by atoms with Gasteiger partial charge in [-0.3, -0.25) is 4.79 Å². The first-order chi connectivity index (χ1) is 7.10.